The maximum Gasteiger partial charge on any atom is 0.194 e. The molecule has 0 unspecified atom stereocenters. The van der Waals surface area contributed by atoms with Crippen LogP contribution in [-0.4, -0.2) is 67.3 Å². The molecule has 0 radical (unpaired) electrons. The molecular weight excluding hydrogens is 342 g/mol. The summed E-state index contributed by atoms with van der Waals surface area (Å²) in [5.74, 6) is 1.92. The molecule has 146 valence electrons. The van der Waals surface area contributed by atoms with Crippen LogP contribution in [-0.2, 0) is 13.0 Å². The molecule has 27 heavy (non-hydrogen) atoms. The number of piperazine rings is 1. The van der Waals surface area contributed by atoms with E-state index in [0.29, 0.717) is 0 Å². The summed E-state index contributed by atoms with van der Waals surface area (Å²) in [5.41, 5.74) is 2.18. The lowest BCUT2D eigenvalue weighted by Gasteiger charge is -2.36. The van der Waals surface area contributed by atoms with Crippen molar-refractivity contribution in [2.75, 3.05) is 46.4 Å². The summed E-state index contributed by atoms with van der Waals surface area (Å²) in [4.78, 5) is 9.57. The van der Waals surface area contributed by atoms with Gasteiger partial charge in [0.15, 0.2) is 5.96 Å². The number of nitrogens with zero attached hydrogens (tertiary/aromatic N) is 4. The zero-order valence-electron chi connectivity index (χ0n) is 16.2. The summed E-state index contributed by atoms with van der Waals surface area (Å²) in [6, 6.07) is 10.1. The van der Waals surface area contributed by atoms with Crippen molar-refractivity contribution in [2.24, 2.45) is 4.99 Å². The highest BCUT2D eigenvalue weighted by Gasteiger charge is 2.20. The third kappa shape index (κ3) is 5.47. The van der Waals surface area contributed by atoms with Crippen LogP contribution in [0.25, 0.3) is 0 Å². The molecule has 2 aromatic rings. The Balaban J connectivity index is 1.53. The number of methoxy groups -OCH3 is 1. The monoisotopic (exact) mass is 371 g/mol. The van der Waals surface area contributed by atoms with Crippen LogP contribution in [0.3, 0.4) is 0 Å². The number of rotatable bonds is 7. The predicted molar refractivity (Wildman–Crippen MR) is 106 cm³/mol. The molecule has 2 heterocycles. The Morgan fingerprint density at radius 1 is 1.22 bits per heavy atom. The Hall–Kier alpha value is -2.54. The highest BCUT2D eigenvalue weighted by Crippen LogP contribution is 2.17. The molecule has 7 heteroatoms. The number of nitrogens with one attached hydrogen (secondary N) is 1. The second-order valence-corrected chi connectivity index (χ2v) is 6.55. The molecule has 0 atom stereocenters. The van der Waals surface area contributed by atoms with E-state index in [-0.39, 0.29) is 0 Å². The van der Waals surface area contributed by atoms with Gasteiger partial charge in [-0.05, 0) is 25.0 Å². The van der Waals surface area contributed by atoms with Gasteiger partial charge in [0.2, 0.25) is 0 Å². The molecule has 3 rings (SSSR count). The lowest BCUT2D eigenvalue weighted by Crippen LogP contribution is -2.52. The van der Waals surface area contributed by atoms with Crippen molar-refractivity contribution in [3.05, 3.63) is 47.9 Å². The van der Waals surface area contributed by atoms with Gasteiger partial charge >= 0.3 is 0 Å². The van der Waals surface area contributed by atoms with Gasteiger partial charge in [-0.3, -0.25) is 9.89 Å². The first-order valence-corrected chi connectivity index (χ1v) is 9.57. The molecule has 1 aromatic heterocycles. The highest BCUT2D eigenvalue weighted by atomic mass is 16.5. The van der Waals surface area contributed by atoms with Crippen molar-refractivity contribution < 1.29 is 9.26 Å². The van der Waals surface area contributed by atoms with E-state index in [0.717, 1.165) is 69.6 Å². The normalized spacial score (nSPS) is 15.8. The van der Waals surface area contributed by atoms with E-state index in [1.807, 2.05) is 24.3 Å². The van der Waals surface area contributed by atoms with Gasteiger partial charge in [-0.15, -0.1) is 0 Å². The smallest absolute Gasteiger partial charge is 0.194 e. The van der Waals surface area contributed by atoms with Gasteiger partial charge in [0, 0.05) is 51.9 Å². The van der Waals surface area contributed by atoms with E-state index in [2.05, 4.69) is 33.3 Å². The number of aliphatic imine (C=N–C) groups is 1. The molecule has 1 aromatic carbocycles. The molecule has 0 aliphatic carbocycles. The molecule has 0 saturated carbocycles. The molecule has 1 aliphatic heterocycles. The average molecular weight is 371 g/mol. The van der Waals surface area contributed by atoms with E-state index in [9.17, 15) is 0 Å². The van der Waals surface area contributed by atoms with Crippen molar-refractivity contribution in [3.63, 3.8) is 0 Å². The van der Waals surface area contributed by atoms with Crippen molar-refractivity contribution in [2.45, 2.75) is 19.9 Å². The largest absolute Gasteiger partial charge is 0.496 e. The summed E-state index contributed by atoms with van der Waals surface area (Å²) < 4.78 is 10.3. The second-order valence-electron chi connectivity index (χ2n) is 6.55. The average Bonchev–Trinajstić information content (AvgIpc) is 3.21. The molecule has 1 fully saturated rings. The lowest BCUT2D eigenvalue weighted by molar-refractivity contribution is 0.169. The number of benzene rings is 1. The summed E-state index contributed by atoms with van der Waals surface area (Å²) in [6.07, 6.45) is 2.49. The van der Waals surface area contributed by atoms with Crippen molar-refractivity contribution >= 4 is 5.96 Å². The number of ether oxygens (including phenoxy) is 1. The minimum atomic E-state index is 0.738. The Morgan fingerprint density at radius 2 is 2.04 bits per heavy atom. The van der Waals surface area contributed by atoms with Gasteiger partial charge < -0.3 is 19.5 Å². The van der Waals surface area contributed by atoms with Crippen LogP contribution in [0.4, 0.5) is 0 Å². The van der Waals surface area contributed by atoms with E-state index in [4.69, 9.17) is 14.3 Å². The fourth-order valence-electron chi connectivity index (χ4n) is 3.28. The summed E-state index contributed by atoms with van der Waals surface area (Å²) in [6.45, 7) is 8.45. The molecule has 0 bridgehead atoms. The quantitative estimate of drug-likeness (QED) is 0.593. The van der Waals surface area contributed by atoms with E-state index >= 15 is 0 Å². The van der Waals surface area contributed by atoms with Crippen LogP contribution in [0.2, 0.25) is 0 Å². The van der Waals surface area contributed by atoms with Crippen LogP contribution >= 0.6 is 0 Å². The van der Waals surface area contributed by atoms with E-state index in [1.165, 1.54) is 5.56 Å². The number of hydrogen-bond acceptors (Lipinski definition) is 5. The first-order chi connectivity index (χ1) is 13.3. The number of guanidine groups is 1. The molecule has 1 N–H and O–H groups in total. The van der Waals surface area contributed by atoms with Gasteiger partial charge in [0.25, 0.3) is 0 Å². The zero-order chi connectivity index (χ0) is 18.9. The SMILES string of the molecule is CCNC(=NCCc1ccccc1OC)N1CCN(Cc2ccon2)CC1. The Morgan fingerprint density at radius 3 is 2.74 bits per heavy atom. The zero-order valence-corrected chi connectivity index (χ0v) is 16.2. The maximum absolute atomic E-state index is 5.43. The van der Waals surface area contributed by atoms with Crippen LogP contribution in [0.5, 0.6) is 5.75 Å². The van der Waals surface area contributed by atoms with Crippen LogP contribution in [0, 0.1) is 0 Å². The molecule has 7 nitrogen and oxygen atoms in total. The second kappa shape index (κ2) is 9.97. The Kier molecular flexibility index (Phi) is 7.10. The third-order valence-electron chi connectivity index (χ3n) is 4.72. The minimum absolute atomic E-state index is 0.738. The number of para-hydroxylation sites is 1. The Labute approximate surface area is 161 Å². The first kappa shape index (κ1) is 19.2. The molecule has 1 saturated heterocycles. The van der Waals surface area contributed by atoms with Crippen LogP contribution in [0.1, 0.15) is 18.2 Å². The number of hydrogen-bond donors (Lipinski definition) is 1. The summed E-state index contributed by atoms with van der Waals surface area (Å²) in [5, 5.41) is 7.43. The van der Waals surface area contributed by atoms with Crippen molar-refractivity contribution in [3.8, 4) is 5.75 Å². The molecule has 0 amide bonds. The van der Waals surface area contributed by atoms with Gasteiger partial charge in [-0.1, -0.05) is 23.4 Å². The van der Waals surface area contributed by atoms with E-state index in [1.54, 1.807) is 13.4 Å². The summed E-state index contributed by atoms with van der Waals surface area (Å²) in [7, 11) is 1.71. The van der Waals surface area contributed by atoms with Gasteiger partial charge in [-0.2, -0.15) is 0 Å². The topological polar surface area (TPSA) is 66.1 Å². The molecular formula is C20H29N5O2. The highest BCUT2D eigenvalue weighted by molar-refractivity contribution is 5.80. The fourth-order valence-corrected chi connectivity index (χ4v) is 3.28. The predicted octanol–water partition coefficient (Wildman–Crippen LogP) is 2.01. The Bertz CT molecular complexity index is 709. The maximum atomic E-state index is 5.43. The van der Waals surface area contributed by atoms with Gasteiger partial charge in [-0.25, -0.2) is 0 Å². The summed E-state index contributed by atoms with van der Waals surface area (Å²) >= 11 is 0. The lowest BCUT2D eigenvalue weighted by atomic mass is 10.1. The molecule has 1 aliphatic rings. The van der Waals surface area contributed by atoms with Crippen molar-refractivity contribution in [1.82, 2.24) is 20.3 Å². The minimum Gasteiger partial charge on any atom is -0.496 e. The molecule has 0 spiro atoms. The number of aromatic nitrogens is 1. The first-order valence-electron chi connectivity index (χ1n) is 9.57. The fraction of sp³-hybridized carbons (Fsp3) is 0.500. The van der Waals surface area contributed by atoms with Crippen LogP contribution < -0.4 is 10.1 Å². The van der Waals surface area contributed by atoms with Gasteiger partial charge in [0.1, 0.15) is 12.0 Å². The van der Waals surface area contributed by atoms with E-state index < -0.39 is 0 Å². The van der Waals surface area contributed by atoms with Crippen molar-refractivity contribution in [1.29, 1.82) is 0 Å². The standard InChI is InChI=1S/C20H29N5O2/c1-3-21-20(22-10-8-17-6-4-5-7-19(17)26-2)25-13-11-24(12-14-25)16-18-9-15-27-23-18/h4-7,9,15H,3,8,10-14,16H2,1-2H3,(H,21,22). The van der Waals surface area contributed by atoms with Gasteiger partial charge in [0.05, 0.1) is 12.8 Å². The van der Waals surface area contributed by atoms with Crippen LogP contribution in [0.15, 0.2) is 46.1 Å². The third-order valence-corrected chi connectivity index (χ3v) is 4.72.